The van der Waals surface area contributed by atoms with Crippen LogP contribution in [-0.4, -0.2) is 4.98 Å². The summed E-state index contributed by atoms with van der Waals surface area (Å²) in [6, 6.07) is 31.4. The molecule has 31 heavy (non-hydrogen) atoms. The summed E-state index contributed by atoms with van der Waals surface area (Å²) in [5, 5.41) is 13.7. The summed E-state index contributed by atoms with van der Waals surface area (Å²) in [4.78, 5) is 3.47. The zero-order valence-electron chi connectivity index (χ0n) is 17.4. The van der Waals surface area contributed by atoms with Gasteiger partial charge in [0, 0.05) is 12.0 Å². The van der Waals surface area contributed by atoms with Crippen LogP contribution in [0.25, 0.3) is 16.7 Å². The molecule has 0 aliphatic rings. The lowest BCUT2D eigenvalue weighted by atomic mass is 9.97. The minimum absolute atomic E-state index is 0.687. The quantitative estimate of drug-likeness (QED) is 0.392. The summed E-state index contributed by atoms with van der Waals surface area (Å²) in [5.41, 5.74) is 8.16. The summed E-state index contributed by atoms with van der Waals surface area (Å²) in [6.07, 6.45) is 0.751. The number of hydrogen-bond donors (Lipinski definition) is 2. The highest BCUT2D eigenvalue weighted by Crippen LogP contribution is 2.28. The molecular formula is C27H23N4+. The maximum atomic E-state index is 10.0. The number of benzene rings is 3. The van der Waals surface area contributed by atoms with Gasteiger partial charge in [0.25, 0.3) is 0 Å². The molecule has 0 saturated carbocycles. The third-order valence-electron chi connectivity index (χ3n) is 5.83. The van der Waals surface area contributed by atoms with Crippen LogP contribution in [0.5, 0.6) is 0 Å². The van der Waals surface area contributed by atoms with Gasteiger partial charge in [-0.1, -0.05) is 72.8 Å². The van der Waals surface area contributed by atoms with E-state index in [2.05, 4.69) is 88.4 Å². The average Bonchev–Trinajstić information content (AvgIpc) is 3.19. The zero-order chi connectivity index (χ0) is 21.2. The first kappa shape index (κ1) is 18.9. The number of aromatic nitrogens is 2. The molecule has 0 aliphatic carbocycles. The summed E-state index contributed by atoms with van der Waals surface area (Å²) in [6.45, 7) is 2.76. The van der Waals surface area contributed by atoms with E-state index in [1.807, 2.05) is 24.3 Å². The number of anilines is 1. The molecule has 0 spiro atoms. The molecule has 0 aliphatic heterocycles. The lowest BCUT2D eigenvalue weighted by Gasteiger charge is -2.14. The van der Waals surface area contributed by atoms with Gasteiger partial charge in [0.15, 0.2) is 0 Å². The highest BCUT2D eigenvalue weighted by atomic mass is 15.1. The van der Waals surface area contributed by atoms with Crippen LogP contribution in [0.3, 0.4) is 0 Å². The Labute approximate surface area is 181 Å². The molecule has 150 valence electrons. The van der Waals surface area contributed by atoms with E-state index in [-0.39, 0.29) is 0 Å². The lowest BCUT2D eigenvalue weighted by molar-refractivity contribution is -0.465. The summed E-state index contributed by atoms with van der Waals surface area (Å²) < 4.78 is 2.17. The molecule has 0 atom stereocenters. The highest BCUT2D eigenvalue weighted by molar-refractivity contribution is 5.78. The molecule has 4 nitrogen and oxygen atoms in total. The predicted molar refractivity (Wildman–Crippen MR) is 124 cm³/mol. The standard InChI is InChI=1S/C27H22N4/c1-19-22(16-20-10-4-2-5-11-20)26(29-18-21-12-6-3-7-13-21)31-25-15-9-8-14-24(25)30-27(31)23(19)17-28/h2-15H,16,18H2,1H3,(H,29,30)/p+1. The van der Waals surface area contributed by atoms with E-state index in [9.17, 15) is 5.26 Å². The third kappa shape index (κ3) is 3.41. The molecule has 5 aromatic rings. The Kier molecular flexibility index (Phi) is 4.86. The Bertz CT molecular complexity index is 1410. The average molecular weight is 404 g/mol. The fraction of sp³-hybridized carbons (Fsp3) is 0.111. The van der Waals surface area contributed by atoms with Crippen LogP contribution in [0.15, 0.2) is 84.9 Å². The van der Waals surface area contributed by atoms with E-state index in [1.165, 1.54) is 11.1 Å². The number of aromatic amines is 1. The number of pyridine rings is 1. The summed E-state index contributed by atoms with van der Waals surface area (Å²) >= 11 is 0. The van der Waals surface area contributed by atoms with E-state index >= 15 is 0 Å². The zero-order valence-corrected chi connectivity index (χ0v) is 17.4. The van der Waals surface area contributed by atoms with Crippen molar-refractivity contribution < 1.29 is 4.40 Å². The van der Waals surface area contributed by atoms with Crippen LogP contribution in [0.4, 0.5) is 5.82 Å². The van der Waals surface area contributed by atoms with Gasteiger partial charge in [-0.3, -0.25) is 4.98 Å². The number of nitrogens with one attached hydrogen (secondary N) is 2. The minimum Gasteiger partial charge on any atom is -0.301 e. The molecule has 5 rings (SSSR count). The van der Waals surface area contributed by atoms with Crippen LogP contribution in [0.1, 0.15) is 27.8 Å². The molecule has 0 unspecified atom stereocenters. The number of imidazole rings is 1. The normalized spacial score (nSPS) is 11.0. The molecule has 0 amide bonds. The number of H-pyrrole nitrogens is 1. The van der Waals surface area contributed by atoms with Gasteiger partial charge in [0.05, 0.1) is 6.54 Å². The van der Waals surface area contributed by atoms with Crippen molar-refractivity contribution in [1.29, 1.82) is 5.26 Å². The molecule has 4 heteroatoms. The van der Waals surface area contributed by atoms with Gasteiger partial charge >= 0.3 is 0 Å². The number of nitrogens with zero attached hydrogens (tertiary/aromatic N) is 2. The summed E-state index contributed by atoms with van der Waals surface area (Å²) in [7, 11) is 0. The SMILES string of the molecule is Cc1c(Cc2ccccc2)c(NCc2ccccc2)[n+]2c([nH]c3ccccc32)c1C#N. The topological polar surface area (TPSA) is 55.7 Å². The Morgan fingerprint density at radius 2 is 1.52 bits per heavy atom. The number of nitriles is 1. The van der Waals surface area contributed by atoms with Crippen molar-refractivity contribution in [3.8, 4) is 6.07 Å². The van der Waals surface area contributed by atoms with Crippen LogP contribution in [0, 0.1) is 18.3 Å². The molecule has 0 saturated heterocycles. The number of para-hydroxylation sites is 2. The third-order valence-corrected chi connectivity index (χ3v) is 5.83. The molecule has 2 aromatic heterocycles. The van der Waals surface area contributed by atoms with Gasteiger partial charge < -0.3 is 5.32 Å². The van der Waals surface area contributed by atoms with Crippen molar-refractivity contribution in [2.75, 3.05) is 5.32 Å². The second kappa shape index (κ2) is 7.97. The van der Waals surface area contributed by atoms with Gasteiger partial charge in [0.1, 0.15) is 22.7 Å². The van der Waals surface area contributed by atoms with Crippen molar-refractivity contribution in [2.45, 2.75) is 19.9 Å². The second-order valence-electron chi connectivity index (χ2n) is 7.77. The van der Waals surface area contributed by atoms with Crippen molar-refractivity contribution in [1.82, 2.24) is 4.98 Å². The number of fused-ring (bicyclic) bond motifs is 3. The smallest absolute Gasteiger partial charge is 0.250 e. The van der Waals surface area contributed by atoms with Crippen molar-refractivity contribution in [2.24, 2.45) is 0 Å². The maximum Gasteiger partial charge on any atom is 0.250 e. The van der Waals surface area contributed by atoms with E-state index < -0.39 is 0 Å². The van der Waals surface area contributed by atoms with Gasteiger partial charge in [-0.2, -0.15) is 9.66 Å². The van der Waals surface area contributed by atoms with Crippen LogP contribution in [-0.2, 0) is 13.0 Å². The summed E-state index contributed by atoms with van der Waals surface area (Å²) in [5.74, 6) is 1.02. The first-order valence-corrected chi connectivity index (χ1v) is 10.5. The molecular weight excluding hydrogens is 380 g/mol. The minimum atomic E-state index is 0.687. The van der Waals surface area contributed by atoms with Gasteiger partial charge in [0.2, 0.25) is 11.5 Å². The molecule has 2 N–H and O–H groups in total. The fourth-order valence-electron chi connectivity index (χ4n) is 4.25. The molecule has 0 radical (unpaired) electrons. The Morgan fingerprint density at radius 3 is 2.23 bits per heavy atom. The Balaban J connectivity index is 1.76. The van der Waals surface area contributed by atoms with Crippen molar-refractivity contribution >= 4 is 22.5 Å². The molecule has 0 fully saturated rings. The van der Waals surface area contributed by atoms with Crippen LogP contribution >= 0.6 is 0 Å². The second-order valence-corrected chi connectivity index (χ2v) is 7.77. The van der Waals surface area contributed by atoms with Gasteiger partial charge in [-0.05, 0) is 35.7 Å². The van der Waals surface area contributed by atoms with Crippen LogP contribution < -0.4 is 9.72 Å². The van der Waals surface area contributed by atoms with E-state index in [1.54, 1.807) is 0 Å². The first-order valence-electron chi connectivity index (χ1n) is 10.5. The van der Waals surface area contributed by atoms with E-state index in [0.29, 0.717) is 12.1 Å². The van der Waals surface area contributed by atoms with Crippen molar-refractivity contribution in [3.63, 3.8) is 0 Å². The predicted octanol–water partition coefficient (Wildman–Crippen LogP) is 5.29. The van der Waals surface area contributed by atoms with E-state index in [4.69, 9.17) is 0 Å². The Hall–Kier alpha value is -4.10. The van der Waals surface area contributed by atoms with Gasteiger partial charge in [-0.25, -0.2) is 0 Å². The molecule has 0 bridgehead atoms. The molecule has 2 heterocycles. The molecule has 3 aromatic carbocycles. The first-order chi connectivity index (χ1) is 15.3. The fourth-order valence-corrected chi connectivity index (χ4v) is 4.25. The highest BCUT2D eigenvalue weighted by Gasteiger charge is 2.25. The van der Waals surface area contributed by atoms with Crippen LogP contribution in [0.2, 0.25) is 0 Å². The number of rotatable bonds is 5. The largest absolute Gasteiger partial charge is 0.301 e. The van der Waals surface area contributed by atoms with E-state index in [0.717, 1.165) is 40.0 Å². The van der Waals surface area contributed by atoms with Crippen molar-refractivity contribution in [3.05, 3.63) is 113 Å². The monoisotopic (exact) mass is 403 g/mol. The Morgan fingerprint density at radius 1 is 0.871 bits per heavy atom. The van der Waals surface area contributed by atoms with Gasteiger partial charge in [-0.15, -0.1) is 0 Å². The maximum absolute atomic E-state index is 10.0. The lowest BCUT2D eigenvalue weighted by Crippen LogP contribution is -2.30. The number of hydrogen-bond acceptors (Lipinski definition) is 2.